The molecule has 0 aliphatic carbocycles. The van der Waals surface area contributed by atoms with Gasteiger partial charge in [0.05, 0.1) is 13.2 Å². The monoisotopic (exact) mass is 561 g/mol. The molecule has 0 radical (unpaired) electrons. The lowest BCUT2D eigenvalue weighted by molar-refractivity contribution is -0.131. The lowest BCUT2D eigenvalue weighted by Crippen LogP contribution is -2.53. The molecule has 0 saturated carbocycles. The quantitative estimate of drug-likeness (QED) is 0.140. The van der Waals surface area contributed by atoms with E-state index in [4.69, 9.17) is 29.0 Å². The van der Waals surface area contributed by atoms with Crippen molar-refractivity contribution in [2.75, 3.05) is 34.0 Å². The zero-order valence-electron chi connectivity index (χ0n) is 20.4. The van der Waals surface area contributed by atoms with Gasteiger partial charge in [-0.3, -0.25) is 10.2 Å². The van der Waals surface area contributed by atoms with E-state index >= 15 is 0 Å². The number of aliphatic imine (C=N–C) groups is 1. The first kappa shape index (κ1) is 27.8. The summed E-state index contributed by atoms with van der Waals surface area (Å²) >= 11 is 3.46. The van der Waals surface area contributed by atoms with E-state index in [-0.39, 0.29) is 25.5 Å². The second-order valence-electron chi connectivity index (χ2n) is 8.07. The maximum absolute atomic E-state index is 13.6. The van der Waals surface area contributed by atoms with Gasteiger partial charge in [-0.2, -0.15) is 0 Å². The van der Waals surface area contributed by atoms with Gasteiger partial charge in [-0.05, 0) is 42.0 Å². The number of rotatable bonds is 14. The van der Waals surface area contributed by atoms with E-state index in [9.17, 15) is 4.79 Å². The number of benzene rings is 2. The molecule has 1 aliphatic rings. The van der Waals surface area contributed by atoms with E-state index in [1.54, 1.807) is 18.2 Å². The molecule has 2 aromatic carbocycles. The minimum absolute atomic E-state index is 0.0695. The predicted octanol–water partition coefficient (Wildman–Crippen LogP) is 3.28. The number of nitrogens with zero attached hydrogens (tertiary/aromatic N) is 1. The lowest BCUT2D eigenvalue weighted by atomic mass is 9.84. The Morgan fingerprint density at radius 2 is 1.92 bits per heavy atom. The normalized spacial score (nSPS) is 19.0. The van der Waals surface area contributed by atoms with Crippen LogP contribution in [-0.4, -0.2) is 62.7 Å². The summed E-state index contributed by atoms with van der Waals surface area (Å²) < 4.78 is 23.2. The number of aliphatic hydroxyl groups is 1. The van der Waals surface area contributed by atoms with Crippen LogP contribution in [0.4, 0.5) is 0 Å². The fourth-order valence-electron chi connectivity index (χ4n) is 3.76. The highest BCUT2D eigenvalue weighted by Gasteiger charge is 2.52. The summed E-state index contributed by atoms with van der Waals surface area (Å²) in [5.41, 5.74) is 5.80. The first-order valence-corrected chi connectivity index (χ1v) is 12.3. The van der Waals surface area contributed by atoms with Crippen molar-refractivity contribution in [1.82, 2.24) is 10.9 Å². The molecule has 3 N–H and O–H groups in total. The van der Waals surface area contributed by atoms with Gasteiger partial charge < -0.3 is 24.1 Å². The van der Waals surface area contributed by atoms with Gasteiger partial charge in [0.1, 0.15) is 5.75 Å². The molecule has 0 saturated heterocycles. The van der Waals surface area contributed by atoms with E-state index in [0.29, 0.717) is 30.2 Å². The number of halogens is 1. The number of aliphatic hydroxyl groups excluding tert-OH is 1. The third-order valence-corrected chi connectivity index (χ3v) is 6.18. The van der Waals surface area contributed by atoms with E-state index < -0.39 is 17.9 Å². The van der Waals surface area contributed by atoms with Crippen LogP contribution in [-0.2, 0) is 19.0 Å². The summed E-state index contributed by atoms with van der Waals surface area (Å²) in [6, 6.07) is 14.8. The largest absolute Gasteiger partial charge is 0.494 e. The van der Waals surface area contributed by atoms with E-state index in [0.717, 1.165) is 10.0 Å². The van der Waals surface area contributed by atoms with Crippen LogP contribution >= 0.6 is 15.9 Å². The zero-order chi connectivity index (χ0) is 26.0. The number of hydrogen-bond donors (Lipinski definition) is 3. The molecule has 0 spiro atoms. The Morgan fingerprint density at radius 3 is 2.53 bits per heavy atom. The van der Waals surface area contributed by atoms with Gasteiger partial charge in [-0.1, -0.05) is 34.1 Å². The topological polar surface area (TPSA) is 111 Å². The minimum Gasteiger partial charge on any atom is -0.494 e. The number of amides is 1. The summed E-state index contributed by atoms with van der Waals surface area (Å²) in [7, 11) is 3.04. The second kappa shape index (κ2) is 13.5. The van der Waals surface area contributed by atoms with Crippen molar-refractivity contribution in [2.45, 2.75) is 30.8 Å². The number of carbonyl (C=O) groups excluding carboxylic acids is 1. The summed E-state index contributed by atoms with van der Waals surface area (Å²) in [5, 5.41) is 8.94. The van der Waals surface area contributed by atoms with Crippen LogP contribution in [0, 0.1) is 0 Å². The standard InChI is InChI=1S/C26H32BrN3O6/c1-4-14-26(25(32)30-28-17-22(33-2)34-3)23(18-6-10-20(27)11-7-18)36-24(29-26)19-8-12-21(13-9-19)35-16-5-15-31/h4,6-13,22-23,28,31H,1,5,14-17H2,2-3H3,(H,30,32)/t23-,26-/m0/s1. The van der Waals surface area contributed by atoms with E-state index in [2.05, 4.69) is 33.4 Å². The first-order chi connectivity index (χ1) is 17.5. The molecule has 9 nitrogen and oxygen atoms in total. The van der Waals surface area contributed by atoms with Crippen LogP contribution in [0.2, 0.25) is 0 Å². The number of carbonyl (C=O) groups is 1. The second-order valence-corrected chi connectivity index (χ2v) is 8.99. The fourth-order valence-corrected chi connectivity index (χ4v) is 4.02. The van der Waals surface area contributed by atoms with Crippen molar-refractivity contribution in [3.05, 3.63) is 76.8 Å². The van der Waals surface area contributed by atoms with Gasteiger partial charge in [-0.25, -0.2) is 10.4 Å². The van der Waals surface area contributed by atoms with Crippen molar-refractivity contribution in [3.8, 4) is 5.75 Å². The van der Waals surface area contributed by atoms with Crippen molar-refractivity contribution in [3.63, 3.8) is 0 Å². The minimum atomic E-state index is -1.30. The average molecular weight is 562 g/mol. The van der Waals surface area contributed by atoms with Crippen molar-refractivity contribution >= 4 is 27.7 Å². The van der Waals surface area contributed by atoms with Gasteiger partial charge in [0, 0.05) is 43.7 Å². The molecule has 1 amide bonds. The van der Waals surface area contributed by atoms with Crippen LogP contribution in [0.5, 0.6) is 5.75 Å². The van der Waals surface area contributed by atoms with Gasteiger partial charge in [-0.15, -0.1) is 6.58 Å². The number of hydrogen-bond acceptors (Lipinski definition) is 8. The Kier molecular flexibility index (Phi) is 10.4. The molecule has 1 aliphatic heterocycles. The molecule has 2 atom stereocenters. The zero-order valence-corrected chi connectivity index (χ0v) is 22.0. The number of methoxy groups -OCH3 is 2. The molecule has 0 unspecified atom stereocenters. The number of hydrazine groups is 1. The Balaban J connectivity index is 1.91. The Morgan fingerprint density at radius 1 is 1.22 bits per heavy atom. The molecular weight excluding hydrogens is 530 g/mol. The average Bonchev–Trinajstić information content (AvgIpc) is 3.28. The van der Waals surface area contributed by atoms with Gasteiger partial charge in [0.2, 0.25) is 5.90 Å². The van der Waals surface area contributed by atoms with Crippen LogP contribution in [0.1, 0.15) is 30.1 Å². The third kappa shape index (κ3) is 6.71. The van der Waals surface area contributed by atoms with Gasteiger partial charge in [0.25, 0.3) is 5.91 Å². The highest BCUT2D eigenvalue weighted by atomic mass is 79.9. The van der Waals surface area contributed by atoms with E-state index in [1.807, 2.05) is 36.4 Å². The van der Waals surface area contributed by atoms with E-state index in [1.165, 1.54) is 14.2 Å². The predicted molar refractivity (Wildman–Crippen MR) is 140 cm³/mol. The molecule has 10 heteroatoms. The van der Waals surface area contributed by atoms with Crippen LogP contribution in [0.25, 0.3) is 0 Å². The summed E-state index contributed by atoms with van der Waals surface area (Å²) in [4.78, 5) is 18.4. The molecule has 194 valence electrons. The molecule has 3 rings (SSSR count). The van der Waals surface area contributed by atoms with Gasteiger partial charge >= 0.3 is 0 Å². The molecule has 2 aromatic rings. The van der Waals surface area contributed by atoms with Crippen molar-refractivity contribution in [2.24, 2.45) is 4.99 Å². The lowest BCUT2D eigenvalue weighted by Gasteiger charge is -2.30. The number of ether oxygens (including phenoxy) is 4. The van der Waals surface area contributed by atoms with Crippen molar-refractivity contribution < 1.29 is 28.8 Å². The van der Waals surface area contributed by atoms with Crippen molar-refractivity contribution in [1.29, 1.82) is 0 Å². The molecule has 0 fully saturated rings. The summed E-state index contributed by atoms with van der Waals surface area (Å²) in [6.45, 7) is 4.59. The van der Waals surface area contributed by atoms with Crippen LogP contribution in [0.15, 0.2) is 70.7 Å². The molecule has 1 heterocycles. The Hall–Kier alpha value is -2.76. The summed E-state index contributed by atoms with van der Waals surface area (Å²) in [5.74, 6) is 0.633. The molecule has 36 heavy (non-hydrogen) atoms. The highest BCUT2D eigenvalue weighted by Crippen LogP contribution is 2.42. The molecular formula is C26H32BrN3O6. The Bertz CT molecular complexity index is 1030. The maximum Gasteiger partial charge on any atom is 0.266 e. The first-order valence-electron chi connectivity index (χ1n) is 11.5. The SMILES string of the molecule is C=CC[C@]1(C(=O)NNCC(OC)OC)N=C(c2ccc(OCCCO)cc2)O[C@H]1c1ccc(Br)cc1. The highest BCUT2D eigenvalue weighted by molar-refractivity contribution is 9.10. The smallest absolute Gasteiger partial charge is 0.266 e. The van der Waals surface area contributed by atoms with Gasteiger partial charge in [0.15, 0.2) is 17.9 Å². The fraction of sp³-hybridized carbons (Fsp3) is 0.385. The Labute approximate surface area is 219 Å². The number of nitrogens with one attached hydrogen (secondary N) is 2. The summed E-state index contributed by atoms with van der Waals surface area (Å²) in [6.07, 6.45) is 1.23. The maximum atomic E-state index is 13.6. The molecule has 0 bridgehead atoms. The van der Waals surface area contributed by atoms with Crippen LogP contribution in [0.3, 0.4) is 0 Å². The van der Waals surface area contributed by atoms with Crippen LogP contribution < -0.4 is 15.6 Å². The molecule has 0 aromatic heterocycles. The third-order valence-electron chi connectivity index (χ3n) is 5.65.